The lowest BCUT2D eigenvalue weighted by Gasteiger charge is -2.16. The van der Waals surface area contributed by atoms with Crippen LogP contribution in [0, 0.1) is 0 Å². The average molecular weight is 312 g/mol. The van der Waals surface area contributed by atoms with Gasteiger partial charge in [0, 0.05) is 6.42 Å². The molecule has 1 aliphatic heterocycles. The summed E-state index contributed by atoms with van der Waals surface area (Å²) < 4.78 is 16.8. The Balaban J connectivity index is 1.53. The SMILES string of the molecule is C[C@@H](C[C@H]1COC(N)=N1)Oc1ccc(Oc2ccccc2)cc1. The minimum Gasteiger partial charge on any atom is -0.491 e. The molecule has 0 aliphatic carbocycles. The van der Waals surface area contributed by atoms with E-state index in [0.29, 0.717) is 6.61 Å². The van der Waals surface area contributed by atoms with Gasteiger partial charge in [0.05, 0.1) is 12.1 Å². The van der Waals surface area contributed by atoms with Crippen molar-refractivity contribution >= 4 is 6.02 Å². The largest absolute Gasteiger partial charge is 0.491 e. The average Bonchev–Trinajstić information content (AvgIpc) is 2.95. The molecule has 0 saturated heterocycles. The molecule has 0 fully saturated rings. The zero-order valence-electron chi connectivity index (χ0n) is 13.0. The molecule has 2 N–H and O–H groups in total. The number of para-hydroxylation sites is 1. The maximum atomic E-state index is 5.90. The monoisotopic (exact) mass is 312 g/mol. The number of nitrogens with zero attached hydrogens (tertiary/aromatic N) is 1. The molecule has 1 aliphatic rings. The van der Waals surface area contributed by atoms with Gasteiger partial charge in [-0.25, -0.2) is 4.99 Å². The van der Waals surface area contributed by atoms with E-state index in [1.165, 1.54) is 0 Å². The zero-order valence-corrected chi connectivity index (χ0v) is 13.0. The van der Waals surface area contributed by atoms with E-state index in [1.54, 1.807) is 0 Å². The van der Waals surface area contributed by atoms with E-state index < -0.39 is 0 Å². The Morgan fingerprint density at radius 1 is 1.09 bits per heavy atom. The summed E-state index contributed by atoms with van der Waals surface area (Å²) in [5.74, 6) is 2.39. The van der Waals surface area contributed by atoms with Crippen LogP contribution in [0.4, 0.5) is 0 Å². The standard InChI is InChI=1S/C18H20N2O3/c1-13(11-14-12-21-18(19)20-14)22-16-7-9-17(10-8-16)23-15-5-3-2-4-6-15/h2-10,13-14H,11-12H2,1H3,(H2,19,20)/t13-,14-/m0/s1. The van der Waals surface area contributed by atoms with Crippen LogP contribution < -0.4 is 15.2 Å². The molecule has 3 rings (SSSR count). The van der Waals surface area contributed by atoms with E-state index >= 15 is 0 Å². The molecule has 0 spiro atoms. The molecule has 23 heavy (non-hydrogen) atoms. The summed E-state index contributed by atoms with van der Waals surface area (Å²) in [6.07, 6.45) is 0.794. The molecule has 0 aromatic heterocycles. The number of aliphatic imine (C=N–C) groups is 1. The first-order valence-electron chi connectivity index (χ1n) is 7.65. The number of nitrogens with two attached hydrogens (primary N) is 1. The molecule has 2 aromatic carbocycles. The predicted molar refractivity (Wildman–Crippen MR) is 89.0 cm³/mol. The highest BCUT2D eigenvalue weighted by Gasteiger charge is 2.20. The summed E-state index contributed by atoms with van der Waals surface area (Å²) in [5, 5.41) is 0. The Kier molecular flexibility index (Phi) is 4.66. The van der Waals surface area contributed by atoms with Gasteiger partial charge in [-0.05, 0) is 43.3 Å². The molecule has 2 atom stereocenters. The lowest BCUT2D eigenvalue weighted by Crippen LogP contribution is -2.20. The summed E-state index contributed by atoms with van der Waals surface area (Å²) in [6.45, 7) is 2.54. The fourth-order valence-electron chi connectivity index (χ4n) is 2.43. The smallest absolute Gasteiger partial charge is 0.282 e. The molecule has 0 unspecified atom stereocenters. The second-order valence-corrected chi connectivity index (χ2v) is 5.48. The number of rotatable bonds is 6. The third kappa shape index (κ3) is 4.39. The Morgan fingerprint density at radius 2 is 1.74 bits per heavy atom. The van der Waals surface area contributed by atoms with Crippen LogP contribution in [0.5, 0.6) is 17.2 Å². The van der Waals surface area contributed by atoms with Gasteiger partial charge in [-0.2, -0.15) is 0 Å². The molecule has 120 valence electrons. The van der Waals surface area contributed by atoms with Crippen molar-refractivity contribution < 1.29 is 14.2 Å². The van der Waals surface area contributed by atoms with Crippen LogP contribution in [0.15, 0.2) is 59.6 Å². The fourth-order valence-corrected chi connectivity index (χ4v) is 2.43. The first-order valence-corrected chi connectivity index (χ1v) is 7.65. The maximum absolute atomic E-state index is 5.90. The minimum absolute atomic E-state index is 0.0270. The Bertz CT molecular complexity index is 656. The summed E-state index contributed by atoms with van der Waals surface area (Å²) in [7, 11) is 0. The third-order valence-electron chi connectivity index (χ3n) is 3.48. The Labute approximate surface area is 135 Å². The molecular weight excluding hydrogens is 292 g/mol. The van der Waals surface area contributed by atoms with Gasteiger partial charge in [-0.3, -0.25) is 0 Å². The van der Waals surface area contributed by atoms with Crippen LogP contribution in [0.2, 0.25) is 0 Å². The normalized spacial score (nSPS) is 18.0. The van der Waals surface area contributed by atoms with Gasteiger partial charge in [-0.15, -0.1) is 0 Å². The van der Waals surface area contributed by atoms with Crippen LogP contribution in [0.3, 0.4) is 0 Å². The van der Waals surface area contributed by atoms with Gasteiger partial charge in [0.1, 0.15) is 23.9 Å². The molecule has 1 heterocycles. The van der Waals surface area contributed by atoms with Crippen molar-refractivity contribution in [3.8, 4) is 17.2 Å². The van der Waals surface area contributed by atoms with Crippen LogP contribution in [0.1, 0.15) is 13.3 Å². The van der Waals surface area contributed by atoms with Crippen molar-refractivity contribution in [3.63, 3.8) is 0 Å². The highest BCUT2D eigenvalue weighted by molar-refractivity contribution is 5.73. The zero-order chi connectivity index (χ0) is 16.1. The molecule has 2 aromatic rings. The molecule has 5 heteroatoms. The van der Waals surface area contributed by atoms with E-state index in [9.17, 15) is 0 Å². The summed E-state index contributed by atoms with van der Waals surface area (Å²) in [5.41, 5.74) is 5.51. The summed E-state index contributed by atoms with van der Waals surface area (Å²) in [6, 6.07) is 17.6. The van der Waals surface area contributed by atoms with Crippen molar-refractivity contribution in [2.75, 3.05) is 6.61 Å². The van der Waals surface area contributed by atoms with Crippen molar-refractivity contribution in [2.45, 2.75) is 25.5 Å². The van der Waals surface area contributed by atoms with E-state index in [2.05, 4.69) is 4.99 Å². The lowest BCUT2D eigenvalue weighted by atomic mass is 10.1. The second kappa shape index (κ2) is 7.05. The second-order valence-electron chi connectivity index (χ2n) is 5.48. The minimum atomic E-state index is 0.0270. The van der Waals surface area contributed by atoms with Crippen LogP contribution in [-0.2, 0) is 4.74 Å². The van der Waals surface area contributed by atoms with Crippen LogP contribution >= 0.6 is 0 Å². The van der Waals surface area contributed by atoms with Gasteiger partial charge in [0.25, 0.3) is 6.02 Å². The van der Waals surface area contributed by atoms with Crippen molar-refractivity contribution in [2.24, 2.45) is 10.7 Å². The van der Waals surface area contributed by atoms with E-state index in [0.717, 1.165) is 23.7 Å². The van der Waals surface area contributed by atoms with E-state index in [4.69, 9.17) is 19.9 Å². The van der Waals surface area contributed by atoms with Gasteiger partial charge in [-0.1, -0.05) is 18.2 Å². The first kappa shape index (κ1) is 15.2. The number of benzene rings is 2. The third-order valence-corrected chi connectivity index (χ3v) is 3.48. The van der Waals surface area contributed by atoms with Gasteiger partial charge < -0.3 is 19.9 Å². The van der Waals surface area contributed by atoms with Crippen LogP contribution in [-0.4, -0.2) is 24.8 Å². The van der Waals surface area contributed by atoms with Crippen molar-refractivity contribution in [1.82, 2.24) is 0 Å². The van der Waals surface area contributed by atoms with Crippen molar-refractivity contribution in [1.29, 1.82) is 0 Å². The lowest BCUT2D eigenvalue weighted by molar-refractivity contribution is 0.189. The van der Waals surface area contributed by atoms with Crippen LogP contribution in [0.25, 0.3) is 0 Å². The topological polar surface area (TPSA) is 66.1 Å². The van der Waals surface area contributed by atoms with E-state index in [-0.39, 0.29) is 18.2 Å². The Morgan fingerprint density at radius 3 is 2.39 bits per heavy atom. The molecular formula is C18H20N2O3. The first-order chi connectivity index (χ1) is 11.2. The highest BCUT2D eigenvalue weighted by atomic mass is 16.5. The summed E-state index contributed by atoms with van der Waals surface area (Å²) in [4.78, 5) is 4.20. The van der Waals surface area contributed by atoms with Gasteiger partial charge >= 0.3 is 0 Å². The molecule has 0 radical (unpaired) electrons. The number of hydrogen-bond donors (Lipinski definition) is 1. The van der Waals surface area contributed by atoms with Crippen molar-refractivity contribution in [3.05, 3.63) is 54.6 Å². The molecule has 5 nitrogen and oxygen atoms in total. The summed E-state index contributed by atoms with van der Waals surface area (Å²) >= 11 is 0. The predicted octanol–water partition coefficient (Wildman–Crippen LogP) is 3.35. The Hall–Kier alpha value is -2.69. The quantitative estimate of drug-likeness (QED) is 0.888. The van der Waals surface area contributed by atoms with E-state index in [1.807, 2.05) is 61.5 Å². The fraction of sp³-hybridized carbons (Fsp3) is 0.278. The maximum Gasteiger partial charge on any atom is 0.282 e. The van der Waals surface area contributed by atoms with Gasteiger partial charge in [0.2, 0.25) is 0 Å². The highest BCUT2D eigenvalue weighted by Crippen LogP contribution is 2.24. The molecule has 0 bridgehead atoms. The van der Waals surface area contributed by atoms with Gasteiger partial charge in [0.15, 0.2) is 0 Å². The number of hydrogen-bond acceptors (Lipinski definition) is 5. The molecule has 0 amide bonds. The number of ether oxygens (including phenoxy) is 3. The molecule has 0 saturated carbocycles. The number of amidine groups is 1.